The Labute approximate surface area is 222 Å². The molecule has 1 aliphatic carbocycles. The second kappa shape index (κ2) is 12.7. The average Bonchev–Trinajstić information content (AvgIpc) is 2.89. The monoisotopic (exact) mass is 504 g/mol. The Kier molecular flexibility index (Phi) is 9.38. The van der Waals surface area contributed by atoms with Crippen molar-refractivity contribution in [1.82, 2.24) is 15.1 Å². The van der Waals surface area contributed by atoms with Crippen LogP contribution in [0.4, 0.5) is 0 Å². The first-order chi connectivity index (χ1) is 17.8. The number of rotatable bonds is 8. The van der Waals surface area contributed by atoms with Crippen molar-refractivity contribution >= 4 is 11.8 Å². The molecule has 2 fully saturated rings. The van der Waals surface area contributed by atoms with E-state index in [1.807, 2.05) is 42.2 Å². The van der Waals surface area contributed by atoms with Gasteiger partial charge in [0.25, 0.3) is 5.91 Å². The average molecular weight is 505 g/mol. The van der Waals surface area contributed by atoms with E-state index < -0.39 is 6.04 Å². The van der Waals surface area contributed by atoms with Gasteiger partial charge in [0.1, 0.15) is 6.04 Å². The maximum atomic E-state index is 13.7. The lowest BCUT2D eigenvalue weighted by molar-refractivity contribution is -0.128. The van der Waals surface area contributed by atoms with Crippen molar-refractivity contribution in [3.05, 3.63) is 71.3 Å². The summed E-state index contributed by atoms with van der Waals surface area (Å²) < 4.78 is 0. The van der Waals surface area contributed by atoms with Crippen LogP contribution in [0, 0.1) is 12.8 Å². The second-order valence-corrected chi connectivity index (χ2v) is 11.5. The van der Waals surface area contributed by atoms with E-state index in [0.717, 1.165) is 50.8 Å². The number of aryl methyl sites for hydroxylation is 1. The molecule has 6 nitrogen and oxygen atoms in total. The van der Waals surface area contributed by atoms with E-state index in [-0.39, 0.29) is 29.9 Å². The minimum atomic E-state index is -0.478. The molecule has 1 saturated heterocycles. The van der Waals surface area contributed by atoms with Gasteiger partial charge >= 0.3 is 0 Å². The summed E-state index contributed by atoms with van der Waals surface area (Å²) in [5.74, 6) is 0.437. The van der Waals surface area contributed by atoms with Crippen molar-refractivity contribution in [3.63, 3.8) is 0 Å². The molecule has 4 rings (SSSR count). The molecule has 200 valence electrons. The van der Waals surface area contributed by atoms with E-state index >= 15 is 0 Å². The normalized spacial score (nSPS) is 24.3. The van der Waals surface area contributed by atoms with Gasteiger partial charge in [-0.1, -0.05) is 61.9 Å². The second-order valence-electron chi connectivity index (χ2n) is 11.5. The molecule has 2 aromatic carbocycles. The van der Waals surface area contributed by atoms with Crippen LogP contribution < -0.4 is 11.1 Å². The van der Waals surface area contributed by atoms with Gasteiger partial charge in [0.2, 0.25) is 5.91 Å². The minimum Gasteiger partial charge on any atom is -0.352 e. The third-order valence-electron chi connectivity index (χ3n) is 7.90. The molecule has 2 aliphatic rings. The Morgan fingerprint density at radius 3 is 2.32 bits per heavy atom. The van der Waals surface area contributed by atoms with E-state index in [2.05, 4.69) is 48.3 Å². The van der Waals surface area contributed by atoms with Crippen LogP contribution in [0.15, 0.2) is 54.6 Å². The molecule has 0 spiro atoms. The number of hydrogen-bond donors (Lipinski definition) is 2. The Morgan fingerprint density at radius 1 is 1.00 bits per heavy atom. The fourth-order valence-corrected chi connectivity index (χ4v) is 5.82. The van der Waals surface area contributed by atoms with Gasteiger partial charge in [0.05, 0.1) is 0 Å². The smallest absolute Gasteiger partial charge is 0.254 e. The lowest BCUT2D eigenvalue weighted by Gasteiger charge is -2.44. The van der Waals surface area contributed by atoms with Crippen LogP contribution in [0.1, 0.15) is 73.9 Å². The first-order valence-corrected chi connectivity index (χ1v) is 14.0. The molecule has 3 N–H and O–H groups in total. The topological polar surface area (TPSA) is 78.7 Å². The molecule has 2 atom stereocenters. The van der Waals surface area contributed by atoms with Crippen LogP contribution in [0.3, 0.4) is 0 Å². The number of carbonyl (C=O) groups is 2. The fraction of sp³-hybridized carbons (Fsp3) is 0.548. The number of nitrogens with one attached hydrogen (secondary N) is 1. The van der Waals surface area contributed by atoms with Crippen LogP contribution in [0.5, 0.6) is 0 Å². The predicted molar refractivity (Wildman–Crippen MR) is 149 cm³/mol. The summed E-state index contributed by atoms with van der Waals surface area (Å²) in [6, 6.07) is 18.4. The van der Waals surface area contributed by atoms with Crippen molar-refractivity contribution in [1.29, 1.82) is 0 Å². The molecule has 1 heterocycles. The van der Waals surface area contributed by atoms with Gasteiger partial charge < -0.3 is 16.0 Å². The standard InChI is InChI=1S/C31H44N4O2/c1-22(2)20-34(21-24-7-5-4-6-8-24)28-17-18-35(31(37)25-11-9-23(3)10-12-25)29(19-28)30(36)33-27-15-13-26(32)14-16-27/h4-12,22,26-29H,13-21,32H2,1-3H3,(H,33,36)/t26?,27?,28?,29-/m1/s1. The number of piperidine rings is 1. The van der Waals surface area contributed by atoms with Gasteiger partial charge in [0, 0.05) is 43.3 Å². The Bertz CT molecular complexity index is 1020. The zero-order chi connectivity index (χ0) is 26.4. The maximum absolute atomic E-state index is 13.7. The number of carbonyl (C=O) groups excluding carboxylic acids is 2. The molecule has 1 unspecified atom stereocenters. The molecule has 1 saturated carbocycles. The third-order valence-corrected chi connectivity index (χ3v) is 7.90. The van der Waals surface area contributed by atoms with Gasteiger partial charge in [-0.3, -0.25) is 14.5 Å². The van der Waals surface area contributed by atoms with Crippen LogP contribution in [-0.2, 0) is 11.3 Å². The van der Waals surface area contributed by atoms with E-state index in [0.29, 0.717) is 24.4 Å². The summed E-state index contributed by atoms with van der Waals surface area (Å²) in [7, 11) is 0. The number of amides is 2. The number of nitrogens with two attached hydrogens (primary N) is 1. The molecular weight excluding hydrogens is 460 g/mol. The highest BCUT2D eigenvalue weighted by molar-refractivity contribution is 5.97. The van der Waals surface area contributed by atoms with E-state index in [1.165, 1.54) is 5.56 Å². The van der Waals surface area contributed by atoms with Crippen molar-refractivity contribution in [2.45, 2.75) is 90.0 Å². The fourth-order valence-electron chi connectivity index (χ4n) is 5.82. The SMILES string of the molecule is Cc1ccc(C(=O)N2CCC(N(Cc3ccccc3)CC(C)C)C[C@@H]2C(=O)NC2CCC(N)CC2)cc1. The zero-order valence-corrected chi connectivity index (χ0v) is 22.7. The summed E-state index contributed by atoms with van der Waals surface area (Å²) in [5, 5.41) is 3.30. The molecule has 6 heteroatoms. The van der Waals surface area contributed by atoms with Crippen molar-refractivity contribution < 1.29 is 9.59 Å². The van der Waals surface area contributed by atoms with Gasteiger partial charge in [0.15, 0.2) is 0 Å². The highest BCUT2D eigenvalue weighted by Gasteiger charge is 2.39. The first-order valence-electron chi connectivity index (χ1n) is 14.0. The molecule has 0 aromatic heterocycles. The van der Waals surface area contributed by atoms with Crippen molar-refractivity contribution in [3.8, 4) is 0 Å². The zero-order valence-electron chi connectivity index (χ0n) is 22.7. The summed E-state index contributed by atoms with van der Waals surface area (Å²) in [6.07, 6.45) is 5.19. The first kappa shape index (κ1) is 27.3. The quantitative estimate of drug-likeness (QED) is 0.554. The van der Waals surface area contributed by atoms with Crippen molar-refractivity contribution in [2.24, 2.45) is 11.7 Å². The molecule has 1 aliphatic heterocycles. The summed E-state index contributed by atoms with van der Waals surface area (Å²) in [5.41, 5.74) is 9.13. The molecule has 2 aromatic rings. The van der Waals surface area contributed by atoms with Crippen LogP contribution in [0.25, 0.3) is 0 Å². The summed E-state index contributed by atoms with van der Waals surface area (Å²) in [6.45, 7) is 8.89. The van der Waals surface area contributed by atoms with Crippen LogP contribution in [-0.4, -0.2) is 58.9 Å². The van der Waals surface area contributed by atoms with Crippen molar-refractivity contribution in [2.75, 3.05) is 13.1 Å². The number of hydrogen-bond acceptors (Lipinski definition) is 4. The van der Waals surface area contributed by atoms with Crippen LogP contribution in [0.2, 0.25) is 0 Å². The van der Waals surface area contributed by atoms with Gasteiger partial charge in [-0.05, 0) is 69.1 Å². The van der Waals surface area contributed by atoms with Gasteiger partial charge in [-0.2, -0.15) is 0 Å². The van der Waals surface area contributed by atoms with Gasteiger partial charge in [-0.25, -0.2) is 0 Å². The molecule has 2 amide bonds. The Hall–Kier alpha value is -2.70. The number of likely N-dealkylation sites (tertiary alicyclic amines) is 1. The lowest BCUT2D eigenvalue weighted by Crippen LogP contribution is -2.58. The van der Waals surface area contributed by atoms with Crippen LogP contribution >= 0.6 is 0 Å². The van der Waals surface area contributed by atoms with E-state index in [4.69, 9.17) is 5.73 Å². The Balaban J connectivity index is 1.54. The number of nitrogens with zero attached hydrogens (tertiary/aromatic N) is 2. The minimum absolute atomic E-state index is 0.0187. The maximum Gasteiger partial charge on any atom is 0.254 e. The summed E-state index contributed by atoms with van der Waals surface area (Å²) in [4.78, 5) is 31.7. The predicted octanol–water partition coefficient (Wildman–Crippen LogP) is 4.51. The highest BCUT2D eigenvalue weighted by atomic mass is 16.2. The largest absolute Gasteiger partial charge is 0.352 e. The van der Waals surface area contributed by atoms with E-state index in [9.17, 15) is 9.59 Å². The molecule has 37 heavy (non-hydrogen) atoms. The lowest BCUT2D eigenvalue weighted by atomic mass is 9.90. The van der Waals surface area contributed by atoms with Gasteiger partial charge in [-0.15, -0.1) is 0 Å². The molecule has 0 bridgehead atoms. The summed E-state index contributed by atoms with van der Waals surface area (Å²) >= 11 is 0. The number of benzene rings is 2. The highest BCUT2D eigenvalue weighted by Crippen LogP contribution is 2.27. The van der Waals surface area contributed by atoms with E-state index in [1.54, 1.807) is 0 Å². The molecular formula is C31H44N4O2. The molecule has 0 radical (unpaired) electrons. The Morgan fingerprint density at radius 2 is 1.68 bits per heavy atom. The third kappa shape index (κ3) is 7.42.